The van der Waals surface area contributed by atoms with Gasteiger partial charge in [-0.15, -0.1) is 5.10 Å². The lowest BCUT2D eigenvalue weighted by atomic mass is 10.0. The first-order chi connectivity index (χ1) is 11.2. The highest BCUT2D eigenvalue weighted by Crippen LogP contribution is 2.26. The molecular formula is C18H24N4O. The second kappa shape index (κ2) is 7.04. The zero-order valence-electron chi connectivity index (χ0n) is 14.1. The molecule has 0 bridgehead atoms. The molecule has 0 radical (unpaired) electrons. The maximum atomic E-state index is 5.98. The Balaban J connectivity index is 1.83. The second-order valence-corrected chi connectivity index (χ2v) is 5.87. The first kappa shape index (κ1) is 15.9. The monoisotopic (exact) mass is 312 g/mol. The summed E-state index contributed by atoms with van der Waals surface area (Å²) in [5.41, 5.74) is 4.55. The third kappa shape index (κ3) is 3.34. The van der Waals surface area contributed by atoms with Gasteiger partial charge in [-0.05, 0) is 30.9 Å². The Kier molecular flexibility index (Phi) is 4.86. The summed E-state index contributed by atoms with van der Waals surface area (Å²) in [6.07, 6.45) is 1.82. The van der Waals surface area contributed by atoms with Crippen LogP contribution in [0.3, 0.4) is 0 Å². The topological polar surface area (TPSA) is 51.1 Å². The van der Waals surface area contributed by atoms with Crippen LogP contribution in [0.4, 0.5) is 5.95 Å². The van der Waals surface area contributed by atoms with Gasteiger partial charge in [0.2, 0.25) is 5.95 Å². The van der Waals surface area contributed by atoms with Gasteiger partial charge in [0, 0.05) is 6.54 Å². The zero-order valence-corrected chi connectivity index (χ0v) is 14.1. The van der Waals surface area contributed by atoms with Gasteiger partial charge in [-0.25, -0.2) is 4.98 Å². The van der Waals surface area contributed by atoms with Crippen LogP contribution >= 0.6 is 0 Å². The fraction of sp³-hybridized carbons (Fsp3) is 0.500. The Morgan fingerprint density at radius 3 is 2.65 bits per heavy atom. The van der Waals surface area contributed by atoms with Crippen molar-refractivity contribution in [2.24, 2.45) is 0 Å². The number of hydrogen-bond donors (Lipinski definition) is 0. The smallest absolute Gasteiger partial charge is 0.245 e. The van der Waals surface area contributed by atoms with Gasteiger partial charge in [0.15, 0.2) is 0 Å². The first-order valence-corrected chi connectivity index (χ1v) is 8.37. The van der Waals surface area contributed by atoms with Crippen molar-refractivity contribution in [2.45, 2.75) is 39.7 Å². The van der Waals surface area contributed by atoms with Gasteiger partial charge in [0.25, 0.3) is 0 Å². The van der Waals surface area contributed by atoms with Crippen LogP contribution < -0.4 is 4.90 Å². The minimum atomic E-state index is 0.0597. The van der Waals surface area contributed by atoms with Crippen molar-refractivity contribution < 1.29 is 4.74 Å². The van der Waals surface area contributed by atoms with Crippen LogP contribution in [0.2, 0.25) is 0 Å². The van der Waals surface area contributed by atoms with Crippen LogP contribution in [-0.2, 0) is 17.6 Å². The standard InChI is InChI=1S/C18H24N4O/c1-4-15-16(5-2)20-21-18(19-15)22-10-11-23-17(12-22)14-9-7-6-8-13(14)3/h6-9,17H,4-5,10-12H2,1-3H3. The van der Waals surface area contributed by atoms with Gasteiger partial charge >= 0.3 is 0 Å². The number of benzene rings is 1. The largest absolute Gasteiger partial charge is 0.370 e. The van der Waals surface area contributed by atoms with E-state index in [-0.39, 0.29) is 6.10 Å². The van der Waals surface area contributed by atoms with Crippen LogP contribution in [0, 0.1) is 6.92 Å². The van der Waals surface area contributed by atoms with Crippen molar-refractivity contribution in [1.29, 1.82) is 0 Å². The van der Waals surface area contributed by atoms with Gasteiger partial charge in [-0.2, -0.15) is 5.10 Å². The number of ether oxygens (including phenoxy) is 1. The molecule has 1 unspecified atom stereocenters. The van der Waals surface area contributed by atoms with Crippen molar-refractivity contribution in [2.75, 3.05) is 24.6 Å². The van der Waals surface area contributed by atoms with Crippen molar-refractivity contribution in [3.63, 3.8) is 0 Å². The number of anilines is 1. The molecule has 122 valence electrons. The third-order valence-corrected chi connectivity index (χ3v) is 4.38. The van der Waals surface area contributed by atoms with Crippen molar-refractivity contribution >= 4 is 5.95 Å². The molecule has 1 atom stereocenters. The molecule has 1 saturated heterocycles. The van der Waals surface area contributed by atoms with Gasteiger partial charge in [-0.3, -0.25) is 0 Å². The van der Waals surface area contributed by atoms with Crippen LogP contribution in [0.25, 0.3) is 0 Å². The highest BCUT2D eigenvalue weighted by Gasteiger charge is 2.25. The Morgan fingerprint density at radius 2 is 1.91 bits per heavy atom. The predicted octanol–water partition coefficient (Wildman–Crippen LogP) is 2.88. The Hall–Kier alpha value is -2.01. The summed E-state index contributed by atoms with van der Waals surface area (Å²) >= 11 is 0. The lowest BCUT2D eigenvalue weighted by molar-refractivity contribution is 0.0387. The molecule has 0 saturated carbocycles. The molecule has 0 aliphatic carbocycles. The van der Waals surface area contributed by atoms with E-state index in [9.17, 15) is 0 Å². The summed E-state index contributed by atoms with van der Waals surface area (Å²) in [4.78, 5) is 6.92. The molecule has 0 N–H and O–H groups in total. The molecule has 1 aliphatic rings. The molecular weight excluding hydrogens is 288 g/mol. The highest BCUT2D eigenvalue weighted by molar-refractivity contribution is 5.35. The van der Waals surface area contributed by atoms with Crippen LogP contribution in [0.1, 0.15) is 42.5 Å². The summed E-state index contributed by atoms with van der Waals surface area (Å²) in [5.74, 6) is 0.723. The molecule has 1 aliphatic heterocycles. The number of aromatic nitrogens is 3. The SMILES string of the molecule is CCc1nnc(N2CCOC(c3ccccc3C)C2)nc1CC. The number of hydrogen-bond acceptors (Lipinski definition) is 5. The average Bonchev–Trinajstić information content (AvgIpc) is 2.61. The summed E-state index contributed by atoms with van der Waals surface area (Å²) in [6, 6.07) is 8.39. The molecule has 0 amide bonds. The number of aryl methyl sites for hydroxylation is 3. The lowest BCUT2D eigenvalue weighted by Crippen LogP contribution is -2.40. The molecule has 0 spiro atoms. The minimum absolute atomic E-state index is 0.0597. The molecule has 5 nitrogen and oxygen atoms in total. The van der Waals surface area contributed by atoms with E-state index in [1.807, 2.05) is 0 Å². The third-order valence-electron chi connectivity index (χ3n) is 4.38. The average molecular weight is 312 g/mol. The van der Waals surface area contributed by atoms with E-state index in [1.54, 1.807) is 0 Å². The molecule has 1 aromatic carbocycles. The summed E-state index contributed by atoms with van der Waals surface area (Å²) in [6.45, 7) is 8.58. The molecule has 1 aromatic heterocycles. The molecule has 2 heterocycles. The maximum absolute atomic E-state index is 5.98. The van der Waals surface area contributed by atoms with Gasteiger partial charge < -0.3 is 9.64 Å². The maximum Gasteiger partial charge on any atom is 0.245 e. The number of nitrogens with zero attached hydrogens (tertiary/aromatic N) is 4. The van der Waals surface area contributed by atoms with Crippen molar-refractivity contribution in [1.82, 2.24) is 15.2 Å². The van der Waals surface area contributed by atoms with E-state index in [4.69, 9.17) is 9.72 Å². The zero-order chi connectivity index (χ0) is 16.2. The summed E-state index contributed by atoms with van der Waals surface area (Å²) < 4.78 is 5.98. The van der Waals surface area contributed by atoms with Gasteiger partial charge in [0.1, 0.15) is 6.10 Å². The van der Waals surface area contributed by atoms with Crippen LogP contribution in [-0.4, -0.2) is 34.9 Å². The molecule has 5 heteroatoms. The van der Waals surface area contributed by atoms with Gasteiger partial charge in [0.05, 0.1) is 24.5 Å². The van der Waals surface area contributed by atoms with E-state index in [1.165, 1.54) is 11.1 Å². The Morgan fingerprint density at radius 1 is 1.13 bits per heavy atom. The van der Waals surface area contributed by atoms with E-state index in [0.29, 0.717) is 6.61 Å². The first-order valence-electron chi connectivity index (χ1n) is 8.37. The van der Waals surface area contributed by atoms with Crippen LogP contribution in [0.15, 0.2) is 24.3 Å². The summed E-state index contributed by atoms with van der Waals surface area (Å²) in [7, 11) is 0. The molecule has 3 rings (SSSR count). The predicted molar refractivity (Wildman–Crippen MR) is 90.7 cm³/mol. The molecule has 2 aromatic rings. The van der Waals surface area contributed by atoms with E-state index in [0.717, 1.165) is 43.3 Å². The summed E-state index contributed by atoms with van der Waals surface area (Å²) in [5, 5.41) is 8.71. The normalized spacial score (nSPS) is 18.2. The fourth-order valence-electron chi connectivity index (χ4n) is 3.03. The van der Waals surface area contributed by atoms with E-state index < -0.39 is 0 Å². The lowest BCUT2D eigenvalue weighted by Gasteiger charge is -2.33. The Bertz CT molecular complexity index is 674. The fourth-order valence-corrected chi connectivity index (χ4v) is 3.03. The number of rotatable bonds is 4. The quantitative estimate of drug-likeness (QED) is 0.869. The van der Waals surface area contributed by atoms with Crippen molar-refractivity contribution in [3.05, 3.63) is 46.8 Å². The number of morpholine rings is 1. The second-order valence-electron chi connectivity index (χ2n) is 5.87. The van der Waals surface area contributed by atoms with Gasteiger partial charge in [-0.1, -0.05) is 38.1 Å². The van der Waals surface area contributed by atoms with E-state index in [2.05, 4.69) is 60.1 Å². The van der Waals surface area contributed by atoms with Crippen molar-refractivity contribution in [3.8, 4) is 0 Å². The molecule has 1 fully saturated rings. The van der Waals surface area contributed by atoms with E-state index >= 15 is 0 Å². The Labute approximate surface area is 137 Å². The molecule has 23 heavy (non-hydrogen) atoms. The van der Waals surface area contributed by atoms with Crippen LogP contribution in [0.5, 0.6) is 0 Å². The highest BCUT2D eigenvalue weighted by atomic mass is 16.5. The minimum Gasteiger partial charge on any atom is -0.370 e.